The zero-order valence-electron chi connectivity index (χ0n) is 30.6. The van der Waals surface area contributed by atoms with E-state index in [0.717, 1.165) is 44.3 Å². The molecule has 11 rings (SSSR count). The summed E-state index contributed by atoms with van der Waals surface area (Å²) in [6.07, 6.45) is 0. The van der Waals surface area contributed by atoms with Crippen molar-refractivity contribution in [3.63, 3.8) is 0 Å². The zero-order chi connectivity index (χ0) is 37.0. The van der Waals surface area contributed by atoms with Crippen molar-refractivity contribution < 1.29 is 4.42 Å². The van der Waals surface area contributed by atoms with Gasteiger partial charge in [-0.05, 0) is 98.6 Å². The van der Waals surface area contributed by atoms with E-state index in [1.165, 1.54) is 60.8 Å². The van der Waals surface area contributed by atoms with Gasteiger partial charge in [-0.1, -0.05) is 164 Å². The lowest BCUT2D eigenvalue weighted by Crippen LogP contribution is -1.94. The normalized spacial score (nSPS) is 11.6. The summed E-state index contributed by atoms with van der Waals surface area (Å²) in [4.78, 5) is 0. The second-order valence-electron chi connectivity index (χ2n) is 14.5. The van der Waals surface area contributed by atoms with E-state index in [9.17, 15) is 0 Å². The van der Waals surface area contributed by atoms with Crippen LogP contribution in [-0.4, -0.2) is 4.57 Å². The first-order valence-corrected chi connectivity index (χ1v) is 19.2. The molecule has 0 unspecified atom stereocenters. The van der Waals surface area contributed by atoms with E-state index in [2.05, 4.69) is 217 Å². The third-order valence-corrected chi connectivity index (χ3v) is 11.2. The van der Waals surface area contributed by atoms with E-state index in [0.29, 0.717) is 0 Å². The maximum Gasteiger partial charge on any atom is 0.143 e. The molecule has 0 radical (unpaired) electrons. The Labute approximate surface area is 325 Å². The highest BCUT2D eigenvalue weighted by molar-refractivity contribution is 6.11. The minimum Gasteiger partial charge on any atom is -0.455 e. The Bertz CT molecular complexity index is 3180. The van der Waals surface area contributed by atoms with Gasteiger partial charge in [-0.25, -0.2) is 0 Å². The van der Waals surface area contributed by atoms with Gasteiger partial charge in [0.25, 0.3) is 0 Å². The summed E-state index contributed by atoms with van der Waals surface area (Å²) in [5.41, 5.74) is 17.1. The Morgan fingerprint density at radius 3 is 1.43 bits per heavy atom. The Morgan fingerprint density at radius 1 is 0.286 bits per heavy atom. The molecule has 0 saturated carbocycles. The lowest BCUT2D eigenvalue weighted by molar-refractivity contribution is 0.670. The summed E-state index contributed by atoms with van der Waals surface area (Å²) >= 11 is 0. The number of furan rings is 1. The van der Waals surface area contributed by atoms with E-state index >= 15 is 0 Å². The summed E-state index contributed by atoms with van der Waals surface area (Å²) in [5.74, 6) is 0. The van der Waals surface area contributed by atoms with Gasteiger partial charge in [0.1, 0.15) is 11.2 Å². The van der Waals surface area contributed by atoms with Gasteiger partial charge < -0.3 is 8.98 Å². The molecule has 56 heavy (non-hydrogen) atoms. The topological polar surface area (TPSA) is 18.1 Å². The molecule has 2 heteroatoms. The fraction of sp³-hybridized carbons (Fsp3) is 0. The summed E-state index contributed by atoms with van der Waals surface area (Å²) in [6, 6.07) is 76.3. The predicted octanol–water partition coefficient (Wildman–Crippen LogP) is 15.0. The van der Waals surface area contributed by atoms with Gasteiger partial charge >= 0.3 is 0 Å². The molecule has 262 valence electrons. The number of nitrogens with zero attached hydrogens (tertiary/aromatic N) is 1. The molecule has 2 heterocycles. The minimum absolute atomic E-state index is 0.886. The van der Waals surface area contributed by atoms with Crippen LogP contribution in [0.5, 0.6) is 0 Å². The van der Waals surface area contributed by atoms with Gasteiger partial charge in [0.2, 0.25) is 0 Å². The van der Waals surface area contributed by atoms with E-state index in [-0.39, 0.29) is 0 Å². The molecule has 0 saturated heterocycles. The molecule has 2 aromatic heterocycles. The van der Waals surface area contributed by atoms with Crippen LogP contribution in [0.15, 0.2) is 217 Å². The van der Waals surface area contributed by atoms with Crippen molar-refractivity contribution in [1.82, 2.24) is 4.57 Å². The van der Waals surface area contributed by atoms with Gasteiger partial charge in [-0.15, -0.1) is 0 Å². The van der Waals surface area contributed by atoms with E-state index < -0.39 is 0 Å². The minimum atomic E-state index is 0.886. The van der Waals surface area contributed by atoms with E-state index in [1.54, 1.807) is 0 Å². The van der Waals surface area contributed by atoms with Gasteiger partial charge in [-0.3, -0.25) is 0 Å². The van der Waals surface area contributed by atoms with Crippen LogP contribution in [0.3, 0.4) is 0 Å². The standard InChI is InChI=1S/C54H35NO/c1-2-12-36(13-3-1)37-26-28-38(29-27-37)39-14-8-15-40(32-39)41-16-9-17-42(33-41)43-30-31-53-50(35-43)49-23-11-22-46(54(49)56-53)44-18-10-19-45(34-44)55-51-24-6-4-20-47(51)48-21-5-7-25-52(48)55/h1-35H. The monoisotopic (exact) mass is 713 g/mol. The smallest absolute Gasteiger partial charge is 0.143 e. The van der Waals surface area contributed by atoms with Crippen LogP contribution in [0.1, 0.15) is 0 Å². The molecule has 0 spiro atoms. The van der Waals surface area contributed by atoms with Crippen LogP contribution in [-0.2, 0) is 0 Å². The second-order valence-corrected chi connectivity index (χ2v) is 14.5. The maximum absolute atomic E-state index is 6.67. The second kappa shape index (κ2) is 13.2. The number of aromatic nitrogens is 1. The SMILES string of the molecule is c1ccc(-c2ccc(-c3cccc(-c4cccc(-c5ccc6oc7c(-c8cccc(-n9c%10ccccc%10c%10ccccc%109)c8)cccc7c6c5)c4)c3)cc2)cc1. The van der Waals surface area contributed by atoms with Crippen molar-refractivity contribution in [1.29, 1.82) is 0 Å². The summed E-state index contributed by atoms with van der Waals surface area (Å²) in [7, 11) is 0. The van der Waals surface area contributed by atoms with Crippen molar-refractivity contribution in [2.75, 3.05) is 0 Å². The molecule has 0 N–H and O–H groups in total. The van der Waals surface area contributed by atoms with Gasteiger partial charge in [0, 0.05) is 32.8 Å². The predicted molar refractivity (Wildman–Crippen MR) is 235 cm³/mol. The molecule has 0 atom stereocenters. The molecule has 9 aromatic carbocycles. The summed E-state index contributed by atoms with van der Waals surface area (Å²) < 4.78 is 9.04. The van der Waals surface area contributed by atoms with Crippen LogP contribution < -0.4 is 0 Å². The molecule has 0 fully saturated rings. The average molecular weight is 714 g/mol. The fourth-order valence-electron chi connectivity index (χ4n) is 8.46. The molecule has 0 aliphatic carbocycles. The number of hydrogen-bond acceptors (Lipinski definition) is 1. The zero-order valence-corrected chi connectivity index (χ0v) is 30.6. The van der Waals surface area contributed by atoms with Crippen LogP contribution in [0.4, 0.5) is 0 Å². The first-order chi connectivity index (χ1) is 27.7. The van der Waals surface area contributed by atoms with Gasteiger partial charge in [0.15, 0.2) is 0 Å². The van der Waals surface area contributed by atoms with Crippen molar-refractivity contribution in [3.8, 4) is 61.3 Å². The van der Waals surface area contributed by atoms with E-state index in [1.807, 2.05) is 0 Å². The van der Waals surface area contributed by atoms with Gasteiger partial charge in [0.05, 0.1) is 11.0 Å². The quantitative estimate of drug-likeness (QED) is 0.168. The molecule has 11 aromatic rings. The molecular formula is C54H35NO. The highest BCUT2D eigenvalue weighted by atomic mass is 16.3. The number of hydrogen-bond donors (Lipinski definition) is 0. The van der Waals surface area contributed by atoms with E-state index in [4.69, 9.17) is 4.42 Å². The Morgan fingerprint density at radius 2 is 0.750 bits per heavy atom. The van der Waals surface area contributed by atoms with Crippen molar-refractivity contribution >= 4 is 43.7 Å². The van der Waals surface area contributed by atoms with Gasteiger partial charge in [-0.2, -0.15) is 0 Å². The van der Waals surface area contributed by atoms with Crippen LogP contribution in [0, 0.1) is 0 Å². The Kier molecular flexibility index (Phi) is 7.53. The molecular weight excluding hydrogens is 679 g/mol. The van der Waals surface area contributed by atoms with Crippen LogP contribution in [0.2, 0.25) is 0 Å². The Balaban J connectivity index is 0.938. The third kappa shape index (κ3) is 5.42. The lowest BCUT2D eigenvalue weighted by Gasteiger charge is -2.10. The first-order valence-electron chi connectivity index (χ1n) is 19.2. The van der Waals surface area contributed by atoms with Crippen molar-refractivity contribution in [2.45, 2.75) is 0 Å². The van der Waals surface area contributed by atoms with Crippen molar-refractivity contribution in [2.24, 2.45) is 0 Å². The summed E-state index contributed by atoms with van der Waals surface area (Å²) in [6.45, 7) is 0. The molecule has 0 aliphatic rings. The summed E-state index contributed by atoms with van der Waals surface area (Å²) in [5, 5.41) is 4.74. The molecule has 2 nitrogen and oxygen atoms in total. The number of para-hydroxylation sites is 3. The highest BCUT2D eigenvalue weighted by Crippen LogP contribution is 2.40. The lowest BCUT2D eigenvalue weighted by atomic mass is 9.95. The third-order valence-electron chi connectivity index (χ3n) is 11.2. The largest absolute Gasteiger partial charge is 0.455 e. The first kappa shape index (κ1) is 32.0. The fourth-order valence-corrected chi connectivity index (χ4v) is 8.46. The van der Waals surface area contributed by atoms with Crippen LogP contribution in [0.25, 0.3) is 105 Å². The Hall–Kier alpha value is -7.42. The average Bonchev–Trinajstić information content (AvgIpc) is 3.83. The number of fused-ring (bicyclic) bond motifs is 6. The van der Waals surface area contributed by atoms with Crippen LogP contribution >= 0.6 is 0 Å². The highest BCUT2D eigenvalue weighted by Gasteiger charge is 2.16. The van der Waals surface area contributed by atoms with Crippen molar-refractivity contribution in [3.05, 3.63) is 212 Å². The maximum atomic E-state index is 6.67. The number of benzene rings is 9. The molecule has 0 amide bonds. The molecule has 0 aliphatic heterocycles. The number of rotatable bonds is 6. The molecule has 0 bridgehead atoms.